The smallest absolute Gasteiger partial charge is 0.410 e. The highest BCUT2D eigenvalue weighted by Gasteiger charge is 2.32. The summed E-state index contributed by atoms with van der Waals surface area (Å²) in [5, 5.41) is 19.7. The molecule has 1 saturated heterocycles. The molecule has 174 valence electrons. The van der Waals surface area contributed by atoms with Crippen LogP contribution in [-0.2, 0) is 11.3 Å². The number of anilines is 1. The fourth-order valence-corrected chi connectivity index (χ4v) is 3.59. The number of amides is 1. The number of nitrogens with one attached hydrogen (secondary N) is 1. The minimum Gasteiger partial charge on any atom is -0.444 e. The van der Waals surface area contributed by atoms with E-state index < -0.39 is 5.60 Å². The maximum Gasteiger partial charge on any atom is 0.410 e. The minimum absolute atomic E-state index is 0.187. The van der Waals surface area contributed by atoms with Crippen molar-refractivity contribution < 1.29 is 18.3 Å². The molecule has 1 aromatic carbocycles. The Hall–Kier alpha value is -3.56. The zero-order chi connectivity index (χ0) is 23.4. The van der Waals surface area contributed by atoms with Crippen molar-refractivity contribution >= 4 is 11.8 Å². The van der Waals surface area contributed by atoms with Gasteiger partial charge in [-0.25, -0.2) is 9.18 Å². The summed E-state index contributed by atoms with van der Waals surface area (Å²) >= 11 is 0. The van der Waals surface area contributed by atoms with Gasteiger partial charge in [-0.15, -0.1) is 15.3 Å². The van der Waals surface area contributed by atoms with Crippen LogP contribution >= 0.6 is 0 Å². The third-order valence-corrected chi connectivity index (χ3v) is 5.13. The zero-order valence-electron chi connectivity index (χ0n) is 18.9. The SMILES string of the molecule is CC(C)(C)OC(=O)N1CCCCC1c1ccc(-c2nnc(CNc3ccc(F)cc3)o2)nn1. The van der Waals surface area contributed by atoms with E-state index in [-0.39, 0.29) is 30.4 Å². The summed E-state index contributed by atoms with van der Waals surface area (Å²) in [6.07, 6.45) is 2.39. The number of nitrogens with zero attached hydrogens (tertiary/aromatic N) is 5. The molecule has 0 radical (unpaired) electrons. The highest BCUT2D eigenvalue weighted by atomic mass is 19.1. The van der Waals surface area contributed by atoms with Gasteiger partial charge in [-0.1, -0.05) is 0 Å². The largest absolute Gasteiger partial charge is 0.444 e. The quantitative estimate of drug-likeness (QED) is 0.589. The van der Waals surface area contributed by atoms with E-state index in [1.54, 1.807) is 23.1 Å². The summed E-state index contributed by atoms with van der Waals surface area (Å²) in [5.74, 6) is 0.311. The first-order valence-corrected chi connectivity index (χ1v) is 10.9. The molecule has 3 heterocycles. The van der Waals surface area contributed by atoms with Crippen LogP contribution in [0.2, 0.25) is 0 Å². The maximum atomic E-state index is 13.0. The number of piperidine rings is 1. The second kappa shape index (κ2) is 9.51. The molecule has 10 heteroatoms. The molecule has 0 spiro atoms. The molecule has 3 aromatic rings. The summed E-state index contributed by atoms with van der Waals surface area (Å²) in [6, 6.07) is 9.40. The predicted octanol–water partition coefficient (Wildman–Crippen LogP) is 4.74. The van der Waals surface area contributed by atoms with Gasteiger partial charge in [0.05, 0.1) is 18.3 Å². The Bertz CT molecular complexity index is 1080. The Morgan fingerprint density at radius 1 is 1.12 bits per heavy atom. The number of rotatable bonds is 5. The van der Waals surface area contributed by atoms with Gasteiger partial charge in [-0.05, 0) is 76.4 Å². The molecule has 4 rings (SSSR count). The molecule has 0 saturated carbocycles. The lowest BCUT2D eigenvalue weighted by atomic mass is 9.99. The summed E-state index contributed by atoms with van der Waals surface area (Å²) in [5.41, 5.74) is 1.32. The van der Waals surface area contributed by atoms with Crippen LogP contribution in [0.15, 0.2) is 40.8 Å². The van der Waals surface area contributed by atoms with Crippen molar-refractivity contribution in [1.82, 2.24) is 25.3 Å². The highest BCUT2D eigenvalue weighted by molar-refractivity contribution is 5.69. The van der Waals surface area contributed by atoms with Gasteiger partial charge in [0, 0.05) is 12.2 Å². The number of hydrogen-bond acceptors (Lipinski definition) is 8. The Morgan fingerprint density at radius 3 is 2.61 bits per heavy atom. The lowest BCUT2D eigenvalue weighted by Gasteiger charge is -2.36. The molecule has 1 aliphatic rings. The van der Waals surface area contributed by atoms with E-state index in [0.717, 1.165) is 24.9 Å². The normalized spacial score (nSPS) is 16.5. The van der Waals surface area contributed by atoms with E-state index in [0.29, 0.717) is 23.8 Å². The Morgan fingerprint density at radius 2 is 1.91 bits per heavy atom. The van der Waals surface area contributed by atoms with E-state index >= 15 is 0 Å². The van der Waals surface area contributed by atoms with E-state index in [4.69, 9.17) is 9.15 Å². The van der Waals surface area contributed by atoms with Crippen molar-refractivity contribution in [2.24, 2.45) is 0 Å². The number of carbonyl (C=O) groups excluding carboxylic acids is 1. The predicted molar refractivity (Wildman–Crippen MR) is 119 cm³/mol. The number of benzene rings is 1. The van der Waals surface area contributed by atoms with Crippen LogP contribution in [0.5, 0.6) is 0 Å². The maximum absolute atomic E-state index is 13.0. The van der Waals surface area contributed by atoms with Crippen LogP contribution in [0, 0.1) is 5.82 Å². The third kappa shape index (κ3) is 5.82. The van der Waals surface area contributed by atoms with Crippen molar-refractivity contribution in [3.05, 3.63) is 53.8 Å². The summed E-state index contributed by atoms with van der Waals surface area (Å²) < 4.78 is 24.2. The number of aromatic nitrogens is 4. The van der Waals surface area contributed by atoms with Crippen LogP contribution in [0.3, 0.4) is 0 Å². The van der Waals surface area contributed by atoms with Crippen molar-refractivity contribution in [3.63, 3.8) is 0 Å². The van der Waals surface area contributed by atoms with Crippen LogP contribution in [0.1, 0.15) is 57.7 Å². The average molecular weight is 455 g/mol. The van der Waals surface area contributed by atoms with Crippen molar-refractivity contribution in [2.75, 3.05) is 11.9 Å². The molecule has 9 nitrogen and oxygen atoms in total. The lowest BCUT2D eigenvalue weighted by molar-refractivity contribution is 0.00891. The average Bonchev–Trinajstić information content (AvgIpc) is 3.27. The number of hydrogen-bond donors (Lipinski definition) is 1. The number of ether oxygens (including phenoxy) is 1. The molecule has 1 atom stereocenters. The van der Waals surface area contributed by atoms with Crippen LogP contribution in [0.4, 0.5) is 14.9 Å². The Labute approximate surface area is 191 Å². The van der Waals surface area contributed by atoms with Crippen molar-refractivity contribution in [2.45, 2.75) is 58.2 Å². The molecule has 0 bridgehead atoms. The van der Waals surface area contributed by atoms with Gasteiger partial charge in [0.25, 0.3) is 5.89 Å². The summed E-state index contributed by atoms with van der Waals surface area (Å²) in [6.45, 7) is 6.47. The standard InChI is InChI=1S/C23H27FN6O3/c1-23(2,3)33-22(31)30-13-5-4-6-19(30)17-11-12-18(27-26-17)21-29-28-20(32-21)14-25-16-9-7-15(24)8-10-16/h7-12,19,25H,4-6,13-14H2,1-3H3. The molecule has 0 aliphatic carbocycles. The van der Waals surface area contributed by atoms with Gasteiger partial charge in [-0.2, -0.15) is 5.10 Å². The monoisotopic (exact) mass is 454 g/mol. The van der Waals surface area contributed by atoms with Crippen molar-refractivity contribution in [3.8, 4) is 11.6 Å². The van der Waals surface area contributed by atoms with Gasteiger partial charge >= 0.3 is 6.09 Å². The van der Waals surface area contributed by atoms with Gasteiger partial charge in [0.2, 0.25) is 5.89 Å². The first kappa shape index (κ1) is 22.6. The van der Waals surface area contributed by atoms with E-state index in [1.165, 1.54) is 12.1 Å². The molecule has 33 heavy (non-hydrogen) atoms. The fourth-order valence-electron chi connectivity index (χ4n) is 3.59. The van der Waals surface area contributed by atoms with E-state index in [9.17, 15) is 9.18 Å². The van der Waals surface area contributed by atoms with E-state index in [1.807, 2.05) is 26.8 Å². The Balaban J connectivity index is 1.42. The second-order valence-corrected chi connectivity index (χ2v) is 8.89. The van der Waals surface area contributed by atoms with Gasteiger partial charge in [-0.3, -0.25) is 4.90 Å². The summed E-state index contributed by atoms with van der Waals surface area (Å²) in [4.78, 5) is 14.4. The van der Waals surface area contributed by atoms with E-state index in [2.05, 4.69) is 25.7 Å². The van der Waals surface area contributed by atoms with Crippen LogP contribution in [0.25, 0.3) is 11.6 Å². The molecule has 1 aliphatic heterocycles. The highest BCUT2D eigenvalue weighted by Crippen LogP contribution is 2.31. The van der Waals surface area contributed by atoms with Gasteiger partial charge in [0.1, 0.15) is 17.1 Å². The molecule has 2 aromatic heterocycles. The molecule has 1 unspecified atom stereocenters. The third-order valence-electron chi connectivity index (χ3n) is 5.13. The number of carbonyl (C=O) groups is 1. The van der Waals surface area contributed by atoms with Crippen LogP contribution in [-0.4, -0.2) is 43.5 Å². The first-order valence-electron chi connectivity index (χ1n) is 10.9. The number of halogens is 1. The lowest BCUT2D eigenvalue weighted by Crippen LogP contribution is -2.42. The molecule has 1 amide bonds. The fraction of sp³-hybridized carbons (Fsp3) is 0.435. The molecule has 1 fully saturated rings. The van der Waals surface area contributed by atoms with Gasteiger partial charge in [0.15, 0.2) is 0 Å². The van der Waals surface area contributed by atoms with Gasteiger partial charge < -0.3 is 14.5 Å². The summed E-state index contributed by atoms with van der Waals surface area (Å²) in [7, 11) is 0. The number of likely N-dealkylation sites (tertiary alicyclic amines) is 1. The second-order valence-electron chi connectivity index (χ2n) is 8.89. The zero-order valence-corrected chi connectivity index (χ0v) is 18.9. The molecule has 1 N–H and O–H groups in total. The van der Waals surface area contributed by atoms with Crippen LogP contribution < -0.4 is 5.32 Å². The van der Waals surface area contributed by atoms with Crippen molar-refractivity contribution in [1.29, 1.82) is 0 Å². The first-order chi connectivity index (χ1) is 15.8. The Kier molecular flexibility index (Phi) is 6.52. The molecular formula is C23H27FN6O3. The topological polar surface area (TPSA) is 106 Å². The molecular weight excluding hydrogens is 427 g/mol. The minimum atomic E-state index is -0.560.